The van der Waals surface area contributed by atoms with Crippen molar-refractivity contribution in [1.82, 2.24) is 4.57 Å². The van der Waals surface area contributed by atoms with Crippen molar-refractivity contribution in [3.8, 4) is 16.9 Å². The van der Waals surface area contributed by atoms with Crippen molar-refractivity contribution in [2.75, 3.05) is 7.11 Å². The van der Waals surface area contributed by atoms with Gasteiger partial charge in [0.25, 0.3) is 0 Å². The number of fused-ring (bicyclic) bond motifs is 1. The topological polar surface area (TPSA) is 40.5 Å². The van der Waals surface area contributed by atoms with E-state index in [4.69, 9.17) is 21.1 Å². The Bertz CT molecular complexity index is 954. The zero-order valence-electron chi connectivity index (χ0n) is 15.4. The van der Waals surface area contributed by atoms with E-state index in [0.717, 1.165) is 33.3 Å². The van der Waals surface area contributed by atoms with Crippen LogP contribution in [0.15, 0.2) is 48.7 Å². The molecule has 0 radical (unpaired) electrons. The minimum atomic E-state index is -0.575. The zero-order valence-corrected chi connectivity index (χ0v) is 16.1. The highest BCUT2D eigenvalue weighted by Gasteiger charge is 2.22. The van der Waals surface area contributed by atoms with E-state index in [2.05, 4.69) is 0 Å². The Balaban J connectivity index is 2.24. The molecule has 0 fully saturated rings. The lowest BCUT2D eigenvalue weighted by Crippen LogP contribution is -2.26. The number of halogens is 1. The van der Waals surface area contributed by atoms with Crippen molar-refractivity contribution < 1.29 is 14.3 Å². The van der Waals surface area contributed by atoms with Crippen LogP contribution in [0.1, 0.15) is 26.3 Å². The van der Waals surface area contributed by atoms with Gasteiger partial charge in [-0.3, -0.25) is 4.57 Å². The van der Waals surface area contributed by atoms with Crippen molar-refractivity contribution >= 4 is 28.6 Å². The normalized spacial score (nSPS) is 11.6. The van der Waals surface area contributed by atoms with Crippen molar-refractivity contribution in [2.24, 2.45) is 0 Å². The molecule has 3 aromatic rings. The van der Waals surface area contributed by atoms with Gasteiger partial charge in [0.1, 0.15) is 11.4 Å². The Kier molecular flexibility index (Phi) is 4.97. The maximum atomic E-state index is 12.7. The van der Waals surface area contributed by atoms with E-state index in [0.29, 0.717) is 5.88 Å². The molecule has 1 aromatic heterocycles. The van der Waals surface area contributed by atoms with E-state index in [-0.39, 0.29) is 0 Å². The molecule has 0 aliphatic carbocycles. The Morgan fingerprint density at radius 2 is 1.88 bits per heavy atom. The molecular formula is C21H22ClNO3. The Morgan fingerprint density at radius 1 is 1.15 bits per heavy atom. The van der Waals surface area contributed by atoms with E-state index in [9.17, 15) is 4.79 Å². The molecular weight excluding hydrogens is 350 g/mol. The summed E-state index contributed by atoms with van der Waals surface area (Å²) in [5, 5.41) is 0.946. The van der Waals surface area contributed by atoms with Crippen molar-refractivity contribution in [3.63, 3.8) is 0 Å². The van der Waals surface area contributed by atoms with Crippen LogP contribution in [-0.4, -0.2) is 23.4 Å². The predicted octanol–water partition coefficient (Wildman–Crippen LogP) is 5.84. The van der Waals surface area contributed by atoms with Crippen LogP contribution in [0.3, 0.4) is 0 Å². The zero-order chi connectivity index (χ0) is 18.9. The number of carbonyl (C=O) groups excluding carboxylic acids is 1. The summed E-state index contributed by atoms with van der Waals surface area (Å²) in [5.41, 5.74) is 3.03. The number of benzene rings is 2. The van der Waals surface area contributed by atoms with Gasteiger partial charge in [-0.1, -0.05) is 24.3 Å². The lowest BCUT2D eigenvalue weighted by Gasteiger charge is -2.19. The molecule has 3 rings (SSSR count). The first-order valence-electron chi connectivity index (χ1n) is 8.41. The number of hydrogen-bond acceptors (Lipinski definition) is 3. The standard InChI is InChI=1S/C21H22ClNO3/c1-21(2,3)26-20(24)23-13-17(14-7-5-9-16(11-14)25-4)19-15(12-22)8-6-10-18(19)23/h5-11,13H,12H2,1-4H3. The van der Waals surface area contributed by atoms with Gasteiger partial charge >= 0.3 is 6.09 Å². The van der Waals surface area contributed by atoms with Crippen LogP contribution in [0, 0.1) is 0 Å². The van der Waals surface area contributed by atoms with Crippen LogP contribution in [-0.2, 0) is 10.6 Å². The molecule has 0 spiro atoms. The molecule has 1 heterocycles. The third-order valence-electron chi connectivity index (χ3n) is 4.03. The van der Waals surface area contributed by atoms with Crippen LogP contribution in [0.4, 0.5) is 4.79 Å². The average molecular weight is 372 g/mol. The smallest absolute Gasteiger partial charge is 0.419 e. The van der Waals surface area contributed by atoms with Gasteiger partial charge in [0, 0.05) is 23.0 Å². The summed E-state index contributed by atoms with van der Waals surface area (Å²) < 4.78 is 12.5. The molecule has 0 unspecified atom stereocenters. The highest BCUT2D eigenvalue weighted by atomic mass is 35.5. The van der Waals surface area contributed by atoms with Gasteiger partial charge in [0.2, 0.25) is 0 Å². The van der Waals surface area contributed by atoms with Crippen LogP contribution in [0.25, 0.3) is 22.0 Å². The van der Waals surface area contributed by atoms with E-state index < -0.39 is 11.7 Å². The van der Waals surface area contributed by atoms with Gasteiger partial charge in [-0.25, -0.2) is 4.79 Å². The SMILES string of the molecule is COc1cccc(-c2cn(C(=O)OC(C)(C)C)c3cccc(CCl)c23)c1. The highest BCUT2D eigenvalue weighted by molar-refractivity contribution is 6.18. The quantitative estimate of drug-likeness (QED) is 0.543. The van der Waals surface area contributed by atoms with Crippen LogP contribution in [0.5, 0.6) is 5.75 Å². The van der Waals surface area contributed by atoms with Crippen LogP contribution < -0.4 is 4.74 Å². The monoisotopic (exact) mass is 371 g/mol. The summed E-state index contributed by atoms with van der Waals surface area (Å²) >= 11 is 6.17. The molecule has 0 aliphatic rings. The number of carbonyl (C=O) groups is 1. The fraction of sp³-hybridized carbons (Fsp3) is 0.286. The number of hydrogen-bond donors (Lipinski definition) is 0. The summed E-state index contributed by atoms with van der Waals surface area (Å²) in [6.45, 7) is 5.55. The molecule has 0 saturated heterocycles. The molecule has 0 bridgehead atoms. The Morgan fingerprint density at radius 3 is 2.54 bits per heavy atom. The van der Waals surface area contributed by atoms with Gasteiger partial charge in [-0.05, 0) is 50.1 Å². The molecule has 5 heteroatoms. The molecule has 4 nitrogen and oxygen atoms in total. The Hall–Kier alpha value is -2.46. The second kappa shape index (κ2) is 7.04. The van der Waals surface area contributed by atoms with Gasteiger partial charge in [0.05, 0.1) is 12.6 Å². The maximum absolute atomic E-state index is 12.7. The summed E-state index contributed by atoms with van der Waals surface area (Å²) in [7, 11) is 1.63. The Labute approximate surface area is 158 Å². The molecule has 0 amide bonds. The molecule has 0 aliphatic heterocycles. The van der Waals surface area contributed by atoms with Crippen LogP contribution >= 0.6 is 11.6 Å². The molecule has 0 atom stereocenters. The summed E-state index contributed by atoms with van der Waals surface area (Å²) in [4.78, 5) is 12.7. The minimum Gasteiger partial charge on any atom is -0.497 e. The average Bonchev–Trinajstić information content (AvgIpc) is 3.00. The molecule has 136 valence electrons. The van der Waals surface area contributed by atoms with E-state index in [1.165, 1.54) is 0 Å². The van der Waals surface area contributed by atoms with Crippen molar-refractivity contribution in [3.05, 3.63) is 54.2 Å². The summed E-state index contributed by atoms with van der Waals surface area (Å²) in [6.07, 6.45) is 1.40. The second-order valence-corrected chi connectivity index (χ2v) is 7.34. The molecule has 0 N–H and O–H groups in total. The number of methoxy groups -OCH3 is 1. The summed E-state index contributed by atoms with van der Waals surface area (Å²) in [5.74, 6) is 1.11. The van der Waals surface area contributed by atoms with Crippen molar-refractivity contribution in [1.29, 1.82) is 0 Å². The third-order valence-corrected chi connectivity index (χ3v) is 4.32. The van der Waals surface area contributed by atoms with Crippen molar-refractivity contribution in [2.45, 2.75) is 32.3 Å². The lowest BCUT2D eigenvalue weighted by molar-refractivity contribution is 0.0544. The van der Waals surface area contributed by atoms with E-state index in [1.54, 1.807) is 11.7 Å². The third kappa shape index (κ3) is 3.56. The predicted molar refractivity (Wildman–Crippen MR) is 105 cm³/mol. The number of ether oxygens (including phenoxy) is 2. The molecule has 0 saturated carbocycles. The number of alkyl halides is 1. The number of rotatable bonds is 3. The number of aromatic nitrogens is 1. The fourth-order valence-corrected chi connectivity index (χ4v) is 3.17. The summed E-state index contributed by atoms with van der Waals surface area (Å²) in [6, 6.07) is 13.5. The minimum absolute atomic E-state index is 0.354. The lowest BCUT2D eigenvalue weighted by atomic mass is 10.0. The first kappa shape index (κ1) is 18.3. The maximum Gasteiger partial charge on any atom is 0.419 e. The largest absolute Gasteiger partial charge is 0.497 e. The highest BCUT2D eigenvalue weighted by Crippen LogP contribution is 2.35. The van der Waals surface area contributed by atoms with Gasteiger partial charge < -0.3 is 9.47 Å². The molecule has 26 heavy (non-hydrogen) atoms. The fourth-order valence-electron chi connectivity index (χ4n) is 2.94. The van der Waals surface area contributed by atoms with E-state index in [1.807, 2.05) is 69.4 Å². The van der Waals surface area contributed by atoms with Gasteiger partial charge in [-0.15, -0.1) is 11.6 Å². The number of nitrogens with zero attached hydrogens (tertiary/aromatic N) is 1. The van der Waals surface area contributed by atoms with Gasteiger partial charge in [0.15, 0.2) is 0 Å². The van der Waals surface area contributed by atoms with E-state index >= 15 is 0 Å². The first-order valence-corrected chi connectivity index (χ1v) is 8.94. The van der Waals surface area contributed by atoms with Gasteiger partial charge in [-0.2, -0.15) is 0 Å². The molecule has 2 aromatic carbocycles. The second-order valence-electron chi connectivity index (χ2n) is 7.07. The first-order chi connectivity index (χ1) is 12.3. The van der Waals surface area contributed by atoms with Crippen LogP contribution in [0.2, 0.25) is 0 Å².